The summed E-state index contributed by atoms with van der Waals surface area (Å²) in [5.41, 5.74) is 4.75. The van der Waals surface area contributed by atoms with Crippen LogP contribution in [0.3, 0.4) is 0 Å². The molecule has 31 heavy (non-hydrogen) atoms. The normalized spacial score (nSPS) is 10.9. The molecule has 4 rings (SSSR count). The van der Waals surface area contributed by atoms with Crippen molar-refractivity contribution in [2.75, 3.05) is 11.1 Å². The number of thioether (sulfide) groups is 1. The second-order valence-electron chi connectivity index (χ2n) is 7.18. The van der Waals surface area contributed by atoms with Crippen molar-refractivity contribution in [1.82, 2.24) is 9.97 Å². The second kappa shape index (κ2) is 9.50. The number of amides is 1. The third-order valence-corrected chi connectivity index (χ3v) is 6.23. The molecule has 0 fully saturated rings. The van der Waals surface area contributed by atoms with Crippen LogP contribution in [0.25, 0.3) is 22.3 Å². The largest absolute Gasteiger partial charge is 0.325 e. The fourth-order valence-electron chi connectivity index (χ4n) is 3.34. The summed E-state index contributed by atoms with van der Waals surface area (Å²) >= 11 is 7.49. The number of aryl methyl sites for hydroxylation is 2. The van der Waals surface area contributed by atoms with Crippen LogP contribution < -0.4 is 5.32 Å². The predicted molar refractivity (Wildman–Crippen MR) is 130 cm³/mol. The minimum Gasteiger partial charge on any atom is -0.325 e. The maximum atomic E-state index is 12.6. The molecular weight excluding hydrogens is 426 g/mol. The highest BCUT2D eigenvalue weighted by Crippen LogP contribution is 2.30. The molecule has 0 spiro atoms. The Bertz CT molecular complexity index is 1240. The van der Waals surface area contributed by atoms with Crippen molar-refractivity contribution in [3.63, 3.8) is 0 Å². The van der Waals surface area contributed by atoms with Gasteiger partial charge < -0.3 is 5.32 Å². The van der Waals surface area contributed by atoms with Crippen LogP contribution in [0, 0.1) is 6.92 Å². The first-order chi connectivity index (χ1) is 15.0. The van der Waals surface area contributed by atoms with Crippen LogP contribution in [0.15, 0.2) is 71.8 Å². The van der Waals surface area contributed by atoms with Gasteiger partial charge in [-0.1, -0.05) is 84.9 Å². The summed E-state index contributed by atoms with van der Waals surface area (Å²) < 4.78 is 0. The van der Waals surface area contributed by atoms with Crippen LogP contribution in [-0.4, -0.2) is 21.6 Å². The Morgan fingerprint density at radius 1 is 1.03 bits per heavy atom. The third kappa shape index (κ3) is 4.89. The summed E-state index contributed by atoms with van der Waals surface area (Å²) in [6.07, 6.45) is 0.876. The molecule has 0 bridgehead atoms. The molecule has 4 nitrogen and oxygen atoms in total. The zero-order valence-corrected chi connectivity index (χ0v) is 18.9. The number of para-hydroxylation sites is 1. The molecule has 1 aromatic heterocycles. The minimum absolute atomic E-state index is 0.102. The molecule has 0 saturated carbocycles. The summed E-state index contributed by atoms with van der Waals surface area (Å²) in [7, 11) is 0. The highest BCUT2D eigenvalue weighted by Gasteiger charge is 2.14. The fraction of sp³-hybridized carbons (Fsp3) is 0.160. The molecule has 1 N–H and O–H groups in total. The van der Waals surface area contributed by atoms with Gasteiger partial charge in [0.1, 0.15) is 5.03 Å². The number of fused-ring (bicyclic) bond motifs is 1. The molecule has 0 aliphatic carbocycles. The van der Waals surface area contributed by atoms with Crippen molar-refractivity contribution in [2.45, 2.75) is 25.3 Å². The second-order valence-corrected chi connectivity index (χ2v) is 8.58. The van der Waals surface area contributed by atoms with Gasteiger partial charge in [0.25, 0.3) is 0 Å². The average molecular weight is 448 g/mol. The number of nitrogens with zero attached hydrogens (tertiary/aromatic N) is 2. The van der Waals surface area contributed by atoms with Gasteiger partial charge in [0.05, 0.1) is 11.3 Å². The summed E-state index contributed by atoms with van der Waals surface area (Å²) in [4.78, 5) is 22.3. The van der Waals surface area contributed by atoms with Gasteiger partial charge in [-0.15, -0.1) is 0 Å². The van der Waals surface area contributed by atoms with E-state index in [9.17, 15) is 4.79 Å². The number of carbonyl (C=O) groups is 1. The van der Waals surface area contributed by atoms with Crippen molar-refractivity contribution < 1.29 is 4.79 Å². The highest BCUT2D eigenvalue weighted by atomic mass is 35.5. The van der Waals surface area contributed by atoms with Gasteiger partial charge in [-0.3, -0.25) is 4.79 Å². The first-order valence-corrected chi connectivity index (χ1v) is 11.5. The monoisotopic (exact) mass is 447 g/mol. The van der Waals surface area contributed by atoms with Crippen molar-refractivity contribution in [3.8, 4) is 11.4 Å². The smallest absolute Gasteiger partial charge is 0.234 e. The van der Waals surface area contributed by atoms with E-state index in [2.05, 4.69) is 18.3 Å². The summed E-state index contributed by atoms with van der Waals surface area (Å²) in [6.45, 7) is 4.06. The lowest BCUT2D eigenvalue weighted by Gasteiger charge is -2.12. The van der Waals surface area contributed by atoms with Crippen LogP contribution in [-0.2, 0) is 11.2 Å². The van der Waals surface area contributed by atoms with Crippen LogP contribution in [0.1, 0.15) is 18.1 Å². The standard InChI is InChI=1S/C25H22ClN3OS/c1-3-17-10-7-11-20-23(17)28-24(18-8-5-4-6-9-18)29-25(20)31-15-22(30)27-21-14-19(26)13-12-16(21)2/h4-14H,3,15H2,1-2H3,(H,27,30). The fourth-order valence-corrected chi connectivity index (χ4v) is 4.33. The molecule has 4 aromatic rings. The van der Waals surface area contributed by atoms with Crippen LogP contribution in [0.4, 0.5) is 5.69 Å². The number of aromatic nitrogens is 2. The predicted octanol–water partition coefficient (Wildman–Crippen LogP) is 6.55. The maximum absolute atomic E-state index is 12.6. The van der Waals surface area contributed by atoms with Crippen molar-refractivity contribution >= 4 is 45.9 Å². The number of rotatable bonds is 6. The quantitative estimate of drug-likeness (QED) is 0.269. The number of benzene rings is 3. The van der Waals surface area contributed by atoms with E-state index in [0.717, 1.165) is 44.7 Å². The van der Waals surface area contributed by atoms with E-state index in [1.54, 1.807) is 6.07 Å². The van der Waals surface area contributed by atoms with Crippen LogP contribution >= 0.6 is 23.4 Å². The third-order valence-electron chi connectivity index (χ3n) is 5.00. The summed E-state index contributed by atoms with van der Waals surface area (Å²) in [5.74, 6) is 0.806. The number of hydrogen-bond donors (Lipinski definition) is 1. The minimum atomic E-state index is -0.102. The van der Waals surface area contributed by atoms with E-state index in [1.165, 1.54) is 11.8 Å². The average Bonchev–Trinajstić information content (AvgIpc) is 2.80. The van der Waals surface area contributed by atoms with Crippen molar-refractivity contribution in [2.24, 2.45) is 0 Å². The van der Waals surface area contributed by atoms with Crippen LogP contribution in [0.5, 0.6) is 0 Å². The van der Waals surface area contributed by atoms with E-state index < -0.39 is 0 Å². The molecule has 6 heteroatoms. The molecular formula is C25H22ClN3OS. The molecule has 0 saturated heterocycles. The molecule has 0 radical (unpaired) electrons. The van der Waals surface area contributed by atoms with Gasteiger partial charge >= 0.3 is 0 Å². The molecule has 1 heterocycles. The van der Waals surface area contributed by atoms with Gasteiger partial charge in [0.2, 0.25) is 5.91 Å². The molecule has 0 aliphatic rings. The van der Waals surface area contributed by atoms with Gasteiger partial charge in [-0.25, -0.2) is 9.97 Å². The van der Waals surface area contributed by atoms with E-state index >= 15 is 0 Å². The zero-order chi connectivity index (χ0) is 21.8. The highest BCUT2D eigenvalue weighted by molar-refractivity contribution is 8.00. The Morgan fingerprint density at radius 3 is 2.61 bits per heavy atom. The Balaban J connectivity index is 1.64. The van der Waals surface area contributed by atoms with Crippen molar-refractivity contribution in [3.05, 3.63) is 82.9 Å². The molecule has 3 aromatic carbocycles. The van der Waals surface area contributed by atoms with Gasteiger partial charge in [0.15, 0.2) is 5.82 Å². The zero-order valence-electron chi connectivity index (χ0n) is 17.4. The maximum Gasteiger partial charge on any atom is 0.234 e. The Kier molecular flexibility index (Phi) is 6.54. The Labute approximate surface area is 191 Å². The van der Waals surface area contributed by atoms with Gasteiger partial charge in [-0.2, -0.15) is 0 Å². The van der Waals surface area contributed by atoms with Crippen LogP contribution in [0.2, 0.25) is 5.02 Å². The topological polar surface area (TPSA) is 54.9 Å². The summed E-state index contributed by atoms with van der Waals surface area (Å²) in [5, 5.41) is 5.31. The lowest BCUT2D eigenvalue weighted by molar-refractivity contribution is -0.113. The van der Waals surface area contributed by atoms with E-state index in [-0.39, 0.29) is 11.7 Å². The Hall–Kier alpha value is -2.89. The van der Waals surface area contributed by atoms with E-state index in [1.807, 2.05) is 61.5 Å². The first kappa shape index (κ1) is 21.3. The van der Waals surface area contributed by atoms with E-state index in [0.29, 0.717) is 10.8 Å². The van der Waals surface area contributed by atoms with E-state index in [4.69, 9.17) is 21.6 Å². The lowest BCUT2D eigenvalue weighted by atomic mass is 10.1. The lowest BCUT2D eigenvalue weighted by Crippen LogP contribution is -2.15. The SMILES string of the molecule is CCc1cccc2c(SCC(=O)Nc3cc(Cl)ccc3C)nc(-c3ccccc3)nc12. The van der Waals surface area contributed by atoms with Crippen molar-refractivity contribution in [1.29, 1.82) is 0 Å². The number of nitrogens with one attached hydrogen (secondary N) is 1. The number of carbonyl (C=O) groups excluding carboxylic acids is 1. The number of hydrogen-bond acceptors (Lipinski definition) is 4. The number of anilines is 1. The van der Waals surface area contributed by atoms with Gasteiger partial charge in [-0.05, 0) is 36.6 Å². The first-order valence-electron chi connectivity index (χ1n) is 10.1. The molecule has 0 aliphatic heterocycles. The van der Waals surface area contributed by atoms with Gasteiger partial charge in [0, 0.05) is 21.7 Å². The summed E-state index contributed by atoms with van der Waals surface area (Å²) in [6, 6.07) is 21.5. The molecule has 156 valence electrons. The molecule has 1 amide bonds. The molecule has 0 unspecified atom stereocenters. The molecule has 0 atom stereocenters. The Morgan fingerprint density at radius 2 is 1.84 bits per heavy atom. The number of halogens is 1.